The van der Waals surface area contributed by atoms with Crippen LogP contribution >= 0.6 is 0 Å². The molecule has 8 nitrogen and oxygen atoms in total. The van der Waals surface area contributed by atoms with E-state index in [0.717, 1.165) is 32.1 Å². The molecule has 3 heterocycles. The summed E-state index contributed by atoms with van der Waals surface area (Å²) in [5, 5.41) is 2.96. The molecule has 0 bridgehead atoms. The van der Waals surface area contributed by atoms with Crippen LogP contribution in [0, 0.1) is 5.41 Å². The Morgan fingerprint density at radius 3 is 2.04 bits per heavy atom. The SMILES string of the molecule is CC(C)NC(=O)N1CCC2(CC1)CC1(CCN(C(=O)N(C)C)CC1)C(=O)N2C. The van der Waals surface area contributed by atoms with Crippen LogP contribution < -0.4 is 5.32 Å². The molecule has 3 saturated heterocycles. The van der Waals surface area contributed by atoms with E-state index in [9.17, 15) is 14.4 Å². The number of hydrogen-bond acceptors (Lipinski definition) is 3. The molecule has 0 radical (unpaired) electrons. The molecular weight excluding hydrogens is 358 g/mol. The molecule has 2 spiro atoms. The van der Waals surface area contributed by atoms with Gasteiger partial charge in [0.2, 0.25) is 5.91 Å². The minimum Gasteiger partial charge on any atom is -0.339 e. The molecule has 1 N–H and O–H groups in total. The molecule has 28 heavy (non-hydrogen) atoms. The van der Waals surface area contributed by atoms with Crippen LogP contribution in [0.1, 0.15) is 46.0 Å². The number of piperidine rings is 2. The molecular formula is C20H35N5O3. The van der Waals surface area contributed by atoms with Crippen molar-refractivity contribution in [2.24, 2.45) is 5.41 Å². The van der Waals surface area contributed by atoms with Crippen molar-refractivity contribution in [2.75, 3.05) is 47.3 Å². The predicted molar refractivity (Wildman–Crippen MR) is 107 cm³/mol. The minimum absolute atomic E-state index is 0.0120. The Hall–Kier alpha value is -1.99. The number of nitrogens with one attached hydrogen (secondary N) is 1. The first-order chi connectivity index (χ1) is 13.1. The second-order valence-corrected chi connectivity index (χ2v) is 9.30. The number of amides is 5. The smallest absolute Gasteiger partial charge is 0.319 e. The molecule has 5 amide bonds. The average Bonchev–Trinajstić information content (AvgIpc) is 2.84. The zero-order chi connectivity index (χ0) is 20.7. The molecule has 3 aliphatic heterocycles. The minimum atomic E-state index is -0.347. The number of rotatable bonds is 1. The summed E-state index contributed by atoms with van der Waals surface area (Å²) in [5.41, 5.74) is -0.500. The van der Waals surface area contributed by atoms with Gasteiger partial charge < -0.3 is 24.9 Å². The molecule has 158 valence electrons. The number of nitrogens with zero attached hydrogens (tertiary/aromatic N) is 4. The Kier molecular flexibility index (Phi) is 5.51. The molecule has 3 aliphatic rings. The lowest BCUT2D eigenvalue weighted by molar-refractivity contribution is -0.139. The summed E-state index contributed by atoms with van der Waals surface area (Å²) in [6.07, 6.45) is 3.95. The maximum Gasteiger partial charge on any atom is 0.319 e. The van der Waals surface area contributed by atoms with Crippen LogP contribution in [-0.2, 0) is 4.79 Å². The first-order valence-electron chi connectivity index (χ1n) is 10.4. The highest BCUT2D eigenvalue weighted by Crippen LogP contribution is 2.52. The predicted octanol–water partition coefficient (Wildman–Crippen LogP) is 1.56. The molecule has 0 unspecified atom stereocenters. The van der Waals surface area contributed by atoms with Gasteiger partial charge in [-0.25, -0.2) is 9.59 Å². The summed E-state index contributed by atoms with van der Waals surface area (Å²) in [4.78, 5) is 45.1. The summed E-state index contributed by atoms with van der Waals surface area (Å²) in [5.74, 6) is 0.226. The third kappa shape index (κ3) is 3.53. The monoisotopic (exact) mass is 393 g/mol. The van der Waals surface area contributed by atoms with Gasteiger partial charge in [0.15, 0.2) is 0 Å². The molecule has 0 aromatic rings. The quantitative estimate of drug-likeness (QED) is 0.735. The molecule has 3 rings (SSSR count). The first-order valence-corrected chi connectivity index (χ1v) is 10.4. The Bertz CT molecular complexity index is 632. The number of urea groups is 2. The van der Waals surface area contributed by atoms with Gasteiger partial charge in [-0.2, -0.15) is 0 Å². The van der Waals surface area contributed by atoms with Crippen LogP contribution in [0.5, 0.6) is 0 Å². The van der Waals surface area contributed by atoms with Gasteiger partial charge in [-0.15, -0.1) is 0 Å². The number of carbonyl (C=O) groups excluding carboxylic acids is 3. The van der Waals surface area contributed by atoms with Crippen molar-refractivity contribution < 1.29 is 14.4 Å². The molecule has 0 aromatic carbocycles. The van der Waals surface area contributed by atoms with Crippen molar-refractivity contribution in [3.05, 3.63) is 0 Å². The lowest BCUT2D eigenvalue weighted by atomic mass is 9.71. The van der Waals surface area contributed by atoms with Crippen molar-refractivity contribution in [1.82, 2.24) is 24.9 Å². The van der Waals surface area contributed by atoms with Crippen LogP contribution in [0.3, 0.4) is 0 Å². The van der Waals surface area contributed by atoms with E-state index in [-0.39, 0.29) is 35.0 Å². The van der Waals surface area contributed by atoms with E-state index in [0.29, 0.717) is 26.2 Å². The fourth-order valence-electron chi connectivity index (χ4n) is 5.17. The van der Waals surface area contributed by atoms with E-state index >= 15 is 0 Å². The summed E-state index contributed by atoms with van der Waals surface area (Å²) in [6.45, 7) is 6.55. The largest absolute Gasteiger partial charge is 0.339 e. The standard InChI is InChI=1S/C20H35N5O3/c1-15(2)21-17(27)24-12-8-20(9-13-24)14-19(16(26)23(20)5)6-10-25(11-7-19)18(28)22(3)4/h15H,6-14H2,1-5H3,(H,21,27). The van der Waals surface area contributed by atoms with Gasteiger partial charge in [-0.3, -0.25) is 4.79 Å². The zero-order valence-corrected chi connectivity index (χ0v) is 18.0. The highest BCUT2D eigenvalue weighted by atomic mass is 16.2. The van der Waals surface area contributed by atoms with Gasteiger partial charge in [0, 0.05) is 58.9 Å². The Morgan fingerprint density at radius 1 is 1.00 bits per heavy atom. The fraction of sp³-hybridized carbons (Fsp3) is 0.850. The molecule has 0 aliphatic carbocycles. The van der Waals surface area contributed by atoms with Gasteiger partial charge in [-0.05, 0) is 46.0 Å². The second-order valence-electron chi connectivity index (χ2n) is 9.30. The maximum absolute atomic E-state index is 13.2. The van der Waals surface area contributed by atoms with E-state index in [4.69, 9.17) is 0 Å². The van der Waals surface area contributed by atoms with E-state index in [1.807, 2.05) is 35.6 Å². The van der Waals surface area contributed by atoms with Crippen molar-refractivity contribution in [1.29, 1.82) is 0 Å². The topological polar surface area (TPSA) is 76.2 Å². The summed E-state index contributed by atoms with van der Waals surface area (Å²) >= 11 is 0. The van der Waals surface area contributed by atoms with E-state index < -0.39 is 0 Å². The van der Waals surface area contributed by atoms with Crippen LogP contribution in [0.15, 0.2) is 0 Å². The van der Waals surface area contributed by atoms with E-state index in [1.165, 1.54) is 0 Å². The van der Waals surface area contributed by atoms with E-state index in [2.05, 4.69) is 5.32 Å². The van der Waals surface area contributed by atoms with Crippen LogP contribution in [0.2, 0.25) is 0 Å². The third-order valence-corrected chi connectivity index (χ3v) is 6.90. The highest BCUT2D eigenvalue weighted by molar-refractivity contribution is 5.87. The number of likely N-dealkylation sites (tertiary alicyclic amines) is 3. The second kappa shape index (κ2) is 7.44. The third-order valence-electron chi connectivity index (χ3n) is 6.90. The molecule has 0 atom stereocenters. The lowest BCUT2D eigenvalue weighted by Gasteiger charge is -2.44. The van der Waals surface area contributed by atoms with Gasteiger partial charge in [0.25, 0.3) is 0 Å². The van der Waals surface area contributed by atoms with E-state index in [1.54, 1.807) is 19.0 Å². The lowest BCUT2D eigenvalue weighted by Crippen LogP contribution is -2.55. The summed E-state index contributed by atoms with van der Waals surface area (Å²) in [7, 11) is 5.46. The zero-order valence-electron chi connectivity index (χ0n) is 18.0. The van der Waals surface area contributed by atoms with Gasteiger partial charge in [0.05, 0.1) is 5.41 Å². The van der Waals surface area contributed by atoms with Crippen LogP contribution in [0.25, 0.3) is 0 Å². The Balaban J connectivity index is 1.65. The van der Waals surface area contributed by atoms with Gasteiger partial charge in [-0.1, -0.05) is 0 Å². The molecule has 3 fully saturated rings. The highest BCUT2D eigenvalue weighted by Gasteiger charge is 2.59. The van der Waals surface area contributed by atoms with Crippen molar-refractivity contribution in [3.63, 3.8) is 0 Å². The normalized spacial score (nSPS) is 23.6. The molecule has 0 aromatic heterocycles. The van der Waals surface area contributed by atoms with Gasteiger partial charge in [0.1, 0.15) is 0 Å². The Morgan fingerprint density at radius 2 is 1.54 bits per heavy atom. The van der Waals surface area contributed by atoms with Crippen LogP contribution in [-0.4, -0.2) is 96.5 Å². The van der Waals surface area contributed by atoms with Crippen molar-refractivity contribution >= 4 is 18.0 Å². The number of hydrogen-bond donors (Lipinski definition) is 1. The van der Waals surface area contributed by atoms with Crippen molar-refractivity contribution in [3.8, 4) is 0 Å². The Labute approximate surface area is 168 Å². The average molecular weight is 394 g/mol. The first kappa shape index (κ1) is 20.7. The summed E-state index contributed by atoms with van der Waals surface area (Å²) < 4.78 is 0. The summed E-state index contributed by atoms with van der Waals surface area (Å²) in [6, 6.07) is 0.132. The molecule has 0 saturated carbocycles. The van der Waals surface area contributed by atoms with Crippen LogP contribution in [0.4, 0.5) is 9.59 Å². The van der Waals surface area contributed by atoms with Gasteiger partial charge >= 0.3 is 12.1 Å². The van der Waals surface area contributed by atoms with Crippen molar-refractivity contribution in [2.45, 2.75) is 57.5 Å². The number of carbonyl (C=O) groups is 3. The molecule has 8 heteroatoms. The fourth-order valence-corrected chi connectivity index (χ4v) is 5.17. The maximum atomic E-state index is 13.2.